The highest BCUT2D eigenvalue weighted by Gasteiger charge is 2.31. The summed E-state index contributed by atoms with van der Waals surface area (Å²) in [6, 6.07) is 7.55. The standard InChI is InChI=1S/C15H21NO5S/c1-15(2,3)21-14(17)16-9-11(10-20-22(18)19)8-12-6-4-5-7-13(12)16/h4-7,11,22H,8-10H2,1-3H3/t11-/m0/s1. The van der Waals surface area contributed by atoms with E-state index in [4.69, 9.17) is 8.92 Å². The number of rotatable bonds is 3. The van der Waals surface area contributed by atoms with Crippen LogP contribution in [0.1, 0.15) is 26.3 Å². The van der Waals surface area contributed by atoms with Crippen molar-refractivity contribution in [1.82, 2.24) is 0 Å². The van der Waals surface area contributed by atoms with E-state index in [1.54, 1.807) is 4.90 Å². The Morgan fingerprint density at radius 1 is 1.32 bits per heavy atom. The Morgan fingerprint density at radius 2 is 2.00 bits per heavy atom. The first kappa shape index (κ1) is 16.8. The first-order valence-corrected chi connectivity index (χ1v) is 8.21. The summed E-state index contributed by atoms with van der Waals surface area (Å²) in [6.45, 7) is 5.86. The highest BCUT2D eigenvalue weighted by atomic mass is 32.2. The second-order valence-electron chi connectivity index (χ2n) is 6.31. The topological polar surface area (TPSA) is 72.9 Å². The fraction of sp³-hybridized carbons (Fsp3) is 0.533. The summed E-state index contributed by atoms with van der Waals surface area (Å²) >= 11 is 0. The summed E-state index contributed by atoms with van der Waals surface area (Å²) in [6.07, 6.45) is 0.231. The van der Waals surface area contributed by atoms with Crippen molar-refractivity contribution in [3.63, 3.8) is 0 Å². The predicted molar refractivity (Wildman–Crippen MR) is 83.5 cm³/mol. The molecule has 1 aromatic carbocycles. The van der Waals surface area contributed by atoms with Crippen molar-refractivity contribution in [2.45, 2.75) is 32.8 Å². The zero-order chi connectivity index (χ0) is 16.3. The number of thiol groups is 1. The molecular weight excluding hydrogens is 306 g/mol. The summed E-state index contributed by atoms with van der Waals surface area (Å²) in [4.78, 5) is 14.0. The number of amides is 1. The second-order valence-corrected chi connectivity index (χ2v) is 7.01. The lowest BCUT2D eigenvalue weighted by Crippen LogP contribution is -2.44. The van der Waals surface area contributed by atoms with Crippen LogP contribution in [0, 0.1) is 5.92 Å². The molecule has 6 nitrogen and oxygen atoms in total. The number of nitrogens with zero attached hydrogens (tertiary/aromatic N) is 1. The number of hydrogen-bond acceptors (Lipinski definition) is 5. The minimum atomic E-state index is -2.88. The molecule has 1 aliphatic heterocycles. The molecule has 0 N–H and O–H groups in total. The molecule has 1 aliphatic rings. The Kier molecular flexibility index (Phi) is 5.08. The van der Waals surface area contributed by atoms with Crippen molar-refractivity contribution < 1.29 is 22.1 Å². The van der Waals surface area contributed by atoms with E-state index in [0.29, 0.717) is 13.0 Å². The molecule has 2 rings (SSSR count). The fourth-order valence-electron chi connectivity index (χ4n) is 2.45. The van der Waals surface area contributed by atoms with Gasteiger partial charge in [-0.2, -0.15) is 0 Å². The normalized spacial score (nSPS) is 18.2. The molecule has 0 aliphatic carbocycles. The fourth-order valence-corrected chi connectivity index (χ4v) is 2.78. The Balaban J connectivity index is 2.21. The molecule has 1 aromatic rings. The van der Waals surface area contributed by atoms with E-state index >= 15 is 0 Å². The zero-order valence-electron chi connectivity index (χ0n) is 12.9. The quantitative estimate of drug-likeness (QED) is 0.861. The average Bonchev–Trinajstić information content (AvgIpc) is 2.42. The van der Waals surface area contributed by atoms with Crippen LogP contribution in [0.4, 0.5) is 10.5 Å². The molecule has 1 atom stereocenters. The molecule has 0 unspecified atom stereocenters. The third kappa shape index (κ3) is 4.45. The zero-order valence-corrected chi connectivity index (χ0v) is 13.8. The molecular formula is C15H21NO5S. The van der Waals surface area contributed by atoms with Gasteiger partial charge < -0.3 is 4.74 Å². The summed E-state index contributed by atoms with van der Waals surface area (Å²) in [7, 11) is -2.88. The molecule has 122 valence electrons. The maximum absolute atomic E-state index is 12.4. The number of ether oxygens (including phenoxy) is 1. The van der Waals surface area contributed by atoms with Gasteiger partial charge in [0.15, 0.2) is 0 Å². The molecule has 1 amide bonds. The van der Waals surface area contributed by atoms with Crippen molar-refractivity contribution in [2.24, 2.45) is 5.92 Å². The van der Waals surface area contributed by atoms with Gasteiger partial charge in [0.05, 0.1) is 12.3 Å². The number of carbonyl (C=O) groups excluding carboxylic acids is 1. The highest BCUT2D eigenvalue weighted by Crippen LogP contribution is 2.31. The third-order valence-corrected chi connectivity index (χ3v) is 3.62. The predicted octanol–water partition coefficient (Wildman–Crippen LogP) is 2.14. The molecule has 7 heteroatoms. The molecule has 22 heavy (non-hydrogen) atoms. The van der Waals surface area contributed by atoms with Crippen molar-refractivity contribution in [3.05, 3.63) is 29.8 Å². The summed E-state index contributed by atoms with van der Waals surface area (Å²) in [5, 5.41) is 0. The molecule has 0 saturated carbocycles. The Morgan fingerprint density at radius 3 is 2.64 bits per heavy atom. The Hall–Kier alpha value is -1.60. The lowest BCUT2D eigenvalue weighted by molar-refractivity contribution is 0.0568. The Labute approximate surface area is 132 Å². The lowest BCUT2D eigenvalue weighted by atomic mass is 9.93. The van der Waals surface area contributed by atoms with Gasteiger partial charge in [0.25, 0.3) is 11.0 Å². The summed E-state index contributed by atoms with van der Waals surface area (Å²) in [5.41, 5.74) is 1.20. The number of benzene rings is 1. The molecule has 0 bridgehead atoms. The van der Waals surface area contributed by atoms with Gasteiger partial charge in [0.2, 0.25) is 0 Å². The van der Waals surface area contributed by atoms with Crippen molar-refractivity contribution in [1.29, 1.82) is 0 Å². The first-order valence-electron chi connectivity index (χ1n) is 7.12. The smallest absolute Gasteiger partial charge is 0.414 e. The van der Waals surface area contributed by atoms with E-state index < -0.39 is 22.7 Å². The van der Waals surface area contributed by atoms with Crippen molar-refractivity contribution >= 4 is 22.8 Å². The minimum absolute atomic E-state index is 0.0618. The number of anilines is 1. The van der Waals surface area contributed by atoms with E-state index in [9.17, 15) is 13.2 Å². The molecule has 0 radical (unpaired) electrons. The van der Waals surface area contributed by atoms with Gasteiger partial charge in [-0.15, -0.1) is 0 Å². The number of hydrogen-bond donors (Lipinski definition) is 1. The molecule has 0 fully saturated rings. The minimum Gasteiger partial charge on any atom is -0.443 e. The van der Waals surface area contributed by atoms with E-state index in [-0.39, 0.29) is 12.5 Å². The molecule has 0 saturated heterocycles. The van der Waals surface area contributed by atoms with Crippen molar-refractivity contribution in [2.75, 3.05) is 18.1 Å². The van der Waals surface area contributed by atoms with Crippen LogP contribution in [0.3, 0.4) is 0 Å². The number of para-hydroxylation sites is 1. The van der Waals surface area contributed by atoms with Crippen LogP contribution in [-0.4, -0.2) is 33.3 Å². The second kappa shape index (κ2) is 6.66. The third-order valence-electron chi connectivity index (χ3n) is 3.26. The van der Waals surface area contributed by atoms with Crippen LogP contribution in [-0.2, 0) is 26.3 Å². The van der Waals surface area contributed by atoms with Gasteiger partial charge in [-0.05, 0) is 38.8 Å². The maximum Gasteiger partial charge on any atom is 0.414 e. The van der Waals surface area contributed by atoms with Gasteiger partial charge in [0, 0.05) is 12.5 Å². The van der Waals surface area contributed by atoms with Gasteiger partial charge in [-0.3, -0.25) is 9.08 Å². The van der Waals surface area contributed by atoms with E-state index in [0.717, 1.165) is 11.3 Å². The average molecular weight is 327 g/mol. The van der Waals surface area contributed by atoms with Gasteiger partial charge in [-0.1, -0.05) is 18.2 Å². The van der Waals surface area contributed by atoms with Crippen LogP contribution < -0.4 is 4.90 Å². The lowest BCUT2D eigenvalue weighted by Gasteiger charge is -2.35. The van der Waals surface area contributed by atoms with Crippen LogP contribution in [0.2, 0.25) is 0 Å². The highest BCUT2D eigenvalue weighted by molar-refractivity contribution is 7.67. The van der Waals surface area contributed by atoms with Crippen LogP contribution in [0.15, 0.2) is 24.3 Å². The van der Waals surface area contributed by atoms with Gasteiger partial charge in [-0.25, -0.2) is 13.2 Å². The van der Waals surface area contributed by atoms with Crippen molar-refractivity contribution in [3.8, 4) is 0 Å². The first-order chi connectivity index (χ1) is 10.3. The SMILES string of the molecule is CC(C)(C)OC(=O)N1C[C@@H](CO[SH](=O)=O)Cc2ccccc21. The largest absolute Gasteiger partial charge is 0.443 e. The van der Waals surface area contributed by atoms with Gasteiger partial charge in [0.1, 0.15) is 5.60 Å². The number of carbonyl (C=O) groups is 1. The molecule has 0 aromatic heterocycles. The van der Waals surface area contributed by atoms with Crippen LogP contribution in [0.5, 0.6) is 0 Å². The van der Waals surface area contributed by atoms with Crippen LogP contribution >= 0.6 is 0 Å². The molecule has 1 heterocycles. The van der Waals surface area contributed by atoms with E-state index in [1.165, 1.54) is 0 Å². The van der Waals surface area contributed by atoms with Crippen LogP contribution in [0.25, 0.3) is 0 Å². The monoisotopic (exact) mass is 327 g/mol. The summed E-state index contributed by atoms with van der Waals surface area (Å²) < 4.78 is 31.3. The Bertz CT molecular complexity index is 613. The summed E-state index contributed by atoms with van der Waals surface area (Å²) in [5.74, 6) is -0.0877. The van der Waals surface area contributed by atoms with E-state index in [1.807, 2.05) is 45.0 Å². The maximum atomic E-state index is 12.4. The van der Waals surface area contributed by atoms with E-state index in [2.05, 4.69) is 0 Å². The van der Waals surface area contributed by atoms with Gasteiger partial charge >= 0.3 is 6.09 Å². The molecule has 0 spiro atoms. The number of fused-ring (bicyclic) bond motifs is 1.